The number of carbonyl (C=O) groups is 2. The van der Waals surface area contributed by atoms with Crippen LogP contribution < -0.4 is 0 Å². The summed E-state index contributed by atoms with van der Waals surface area (Å²) in [6, 6.07) is 15.5. The highest BCUT2D eigenvalue weighted by molar-refractivity contribution is 5.89. The summed E-state index contributed by atoms with van der Waals surface area (Å²) in [7, 11) is 2.69. The van der Waals surface area contributed by atoms with E-state index in [0.717, 1.165) is 22.3 Å². The first-order valence-electron chi connectivity index (χ1n) is 7.15. The molecule has 2 aromatic rings. The van der Waals surface area contributed by atoms with Gasteiger partial charge >= 0.3 is 11.9 Å². The molecule has 0 aromatic heterocycles. The molecule has 4 heteroatoms. The quantitative estimate of drug-likeness (QED) is 0.628. The summed E-state index contributed by atoms with van der Waals surface area (Å²) in [5.41, 5.74) is 3.66. The number of carbonyl (C=O) groups excluding carboxylic acids is 2. The van der Waals surface area contributed by atoms with Gasteiger partial charge in [0.25, 0.3) is 0 Å². The maximum absolute atomic E-state index is 11.4. The van der Waals surface area contributed by atoms with E-state index in [1.54, 1.807) is 6.08 Å². The highest BCUT2D eigenvalue weighted by Crippen LogP contribution is 2.26. The lowest BCUT2D eigenvalue weighted by atomic mass is 9.96. The Hall–Kier alpha value is -2.88. The van der Waals surface area contributed by atoms with Crippen LogP contribution in [0.1, 0.15) is 11.1 Å². The Morgan fingerprint density at radius 2 is 1.74 bits per heavy atom. The zero-order valence-corrected chi connectivity index (χ0v) is 13.1. The van der Waals surface area contributed by atoms with Crippen molar-refractivity contribution in [1.29, 1.82) is 0 Å². The maximum atomic E-state index is 11.4. The fourth-order valence-corrected chi connectivity index (χ4v) is 2.21. The van der Waals surface area contributed by atoms with Crippen molar-refractivity contribution in [2.75, 3.05) is 14.2 Å². The predicted octanol–water partition coefficient (Wildman–Crippen LogP) is 3.26. The molecule has 0 unspecified atom stereocenters. The lowest BCUT2D eigenvalue weighted by Crippen LogP contribution is -2.04. The van der Waals surface area contributed by atoms with Gasteiger partial charge in [-0.25, -0.2) is 4.79 Å². The van der Waals surface area contributed by atoms with E-state index in [2.05, 4.69) is 4.74 Å². The van der Waals surface area contributed by atoms with E-state index in [9.17, 15) is 9.59 Å². The maximum Gasteiger partial charge on any atom is 0.330 e. The van der Waals surface area contributed by atoms with E-state index in [1.165, 1.54) is 20.3 Å². The molecule has 0 heterocycles. The van der Waals surface area contributed by atoms with Crippen LogP contribution in [0.3, 0.4) is 0 Å². The largest absolute Gasteiger partial charge is 0.469 e. The number of benzene rings is 2. The summed E-state index contributed by atoms with van der Waals surface area (Å²) in [4.78, 5) is 22.8. The zero-order chi connectivity index (χ0) is 16.7. The second-order valence-electron chi connectivity index (χ2n) is 4.90. The lowest BCUT2D eigenvalue weighted by molar-refractivity contribution is -0.139. The van der Waals surface area contributed by atoms with Gasteiger partial charge in [0.15, 0.2) is 0 Å². The van der Waals surface area contributed by atoms with Crippen LogP contribution in [0, 0.1) is 0 Å². The highest BCUT2D eigenvalue weighted by atomic mass is 16.5. The van der Waals surface area contributed by atoms with Crippen molar-refractivity contribution in [2.45, 2.75) is 6.42 Å². The Balaban J connectivity index is 2.43. The fourth-order valence-electron chi connectivity index (χ4n) is 2.21. The Bertz CT molecular complexity index is 717. The summed E-state index contributed by atoms with van der Waals surface area (Å²) in [6.45, 7) is 0. The molecule has 0 aliphatic heterocycles. The Morgan fingerprint density at radius 3 is 2.39 bits per heavy atom. The standard InChI is InChI=1S/C19H18O4/c1-22-18(20)11-9-16-12-14(13-19(21)23-2)8-10-17(16)15-6-4-3-5-7-15/h3-12H,13H2,1-2H3. The molecule has 0 spiro atoms. The van der Waals surface area contributed by atoms with Gasteiger partial charge < -0.3 is 9.47 Å². The van der Waals surface area contributed by atoms with Gasteiger partial charge in [-0.1, -0.05) is 48.5 Å². The van der Waals surface area contributed by atoms with Gasteiger partial charge in [0.2, 0.25) is 0 Å². The molecule has 2 aromatic carbocycles. The molecule has 0 aliphatic rings. The molecule has 0 saturated heterocycles. The molecule has 2 rings (SSSR count). The number of ether oxygens (including phenoxy) is 2. The van der Waals surface area contributed by atoms with Crippen molar-refractivity contribution < 1.29 is 19.1 Å². The summed E-state index contributed by atoms with van der Waals surface area (Å²) in [5.74, 6) is -0.734. The monoisotopic (exact) mass is 310 g/mol. The van der Waals surface area contributed by atoms with Crippen LogP contribution in [-0.4, -0.2) is 26.2 Å². The summed E-state index contributed by atoms with van der Waals surface area (Å²) in [6.07, 6.45) is 3.24. The molecular weight excluding hydrogens is 292 g/mol. The van der Waals surface area contributed by atoms with Crippen molar-refractivity contribution in [1.82, 2.24) is 0 Å². The van der Waals surface area contributed by atoms with Crippen LogP contribution in [0.2, 0.25) is 0 Å². The molecule has 118 valence electrons. The lowest BCUT2D eigenvalue weighted by Gasteiger charge is -2.09. The molecule has 4 nitrogen and oxygen atoms in total. The minimum atomic E-state index is -0.428. The molecule has 0 amide bonds. The van der Waals surface area contributed by atoms with Crippen molar-refractivity contribution >= 4 is 18.0 Å². The van der Waals surface area contributed by atoms with Gasteiger partial charge in [0, 0.05) is 6.08 Å². The minimum absolute atomic E-state index is 0.185. The number of esters is 2. The van der Waals surface area contributed by atoms with E-state index in [-0.39, 0.29) is 12.4 Å². The van der Waals surface area contributed by atoms with Crippen molar-refractivity contribution in [3.8, 4) is 11.1 Å². The summed E-state index contributed by atoms with van der Waals surface area (Å²) >= 11 is 0. The van der Waals surface area contributed by atoms with E-state index < -0.39 is 5.97 Å². The first-order chi connectivity index (χ1) is 11.1. The fraction of sp³-hybridized carbons (Fsp3) is 0.158. The Kier molecular flexibility index (Phi) is 5.69. The Labute approximate surface area is 135 Å². The molecule has 0 saturated carbocycles. The molecule has 0 radical (unpaired) electrons. The van der Waals surface area contributed by atoms with Crippen molar-refractivity contribution in [3.63, 3.8) is 0 Å². The van der Waals surface area contributed by atoms with Gasteiger partial charge in [-0.15, -0.1) is 0 Å². The molecule has 0 atom stereocenters. The second-order valence-corrected chi connectivity index (χ2v) is 4.90. The third kappa shape index (κ3) is 4.54. The van der Waals surface area contributed by atoms with Gasteiger partial charge in [-0.05, 0) is 28.3 Å². The third-order valence-corrected chi connectivity index (χ3v) is 3.38. The summed E-state index contributed by atoms with van der Waals surface area (Å²) < 4.78 is 9.32. The molecule has 0 N–H and O–H groups in total. The van der Waals surface area contributed by atoms with Crippen molar-refractivity contribution in [3.05, 3.63) is 65.7 Å². The molecule has 0 bridgehead atoms. The van der Waals surface area contributed by atoms with Gasteiger partial charge in [0.05, 0.1) is 20.6 Å². The van der Waals surface area contributed by atoms with Crippen LogP contribution in [0.5, 0.6) is 0 Å². The average molecular weight is 310 g/mol. The first-order valence-corrected chi connectivity index (χ1v) is 7.15. The number of methoxy groups -OCH3 is 2. The van der Waals surface area contributed by atoms with E-state index in [1.807, 2.05) is 48.5 Å². The van der Waals surface area contributed by atoms with E-state index in [4.69, 9.17) is 4.74 Å². The van der Waals surface area contributed by atoms with Crippen LogP contribution in [-0.2, 0) is 25.5 Å². The first kappa shape index (κ1) is 16.5. The number of hydrogen-bond donors (Lipinski definition) is 0. The smallest absolute Gasteiger partial charge is 0.330 e. The normalized spacial score (nSPS) is 10.5. The van der Waals surface area contributed by atoms with Crippen LogP contribution >= 0.6 is 0 Å². The predicted molar refractivity (Wildman–Crippen MR) is 88.6 cm³/mol. The molecule has 23 heavy (non-hydrogen) atoms. The molecule has 0 aliphatic carbocycles. The minimum Gasteiger partial charge on any atom is -0.469 e. The second kappa shape index (κ2) is 7.94. The average Bonchev–Trinajstić information content (AvgIpc) is 2.60. The highest BCUT2D eigenvalue weighted by Gasteiger charge is 2.08. The Morgan fingerprint density at radius 1 is 1.00 bits per heavy atom. The van der Waals surface area contributed by atoms with Crippen molar-refractivity contribution in [2.24, 2.45) is 0 Å². The van der Waals surface area contributed by atoms with Crippen LogP contribution in [0.4, 0.5) is 0 Å². The SMILES string of the molecule is COC(=O)C=Cc1cc(CC(=O)OC)ccc1-c1ccccc1. The van der Waals surface area contributed by atoms with Gasteiger partial charge in [0.1, 0.15) is 0 Å². The van der Waals surface area contributed by atoms with E-state index in [0.29, 0.717) is 0 Å². The number of hydrogen-bond acceptors (Lipinski definition) is 4. The van der Waals surface area contributed by atoms with Crippen LogP contribution in [0.15, 0.2) is 54.6 Å². The third-order valence-electron chi connectivity index (χ3n) is 3.38. The van der Waals surface area contributed by atoms with Crippen LogP contribution in [0.25, 0.3) is 17.2 Å². The molecular formula is C19H18O4. The summed E-state index contributed by atoms with van der Waals surface area (Å²) in [5, 5.41) is 0. The van der Waals surface area contributed by atoms with Gasteiger partial charge in [-0.3, -0.25) is 4.79 Å². The topological polar surface area (TPSA) is 52.6 Å². The van der Waals surface area contributed by atoms with E-state index >= 15 is 0 Å². The van der Waals surface area contributed by atoms with Gasteiger partial charge in [-0.2, -0.15) is 0 Å². The number of rotatable bonds is 5. The molecule has 0 fully saturated rings. The zero-order valence-electron chi connectivity index (χ0n) is 13.1.